The van der Waals surface area contributed by atoms with Gasteiger partial charge in [0.2, 0.25) is 0 Å². The first kappa shape index (κ1) is 17.4. The normalized spacial score (nSPS) is 13.1. The van der Waals surface area contributed by atoms with Gasteiger partial charge in [-0.1, -0.05) is 0 Å². The zero-order chi connectivity index (χ0) is 16.2. The Morgan fingerprint density at radius 2 is 2.05 bits per heavy atom. The van der Waals surface area contributed by atoms with Gasteiger partial charge in [-0.25, -0.2) is 4.39 Å². The minimum atomic E-state index is -4.67. The van der Waals surface area contributed by atoms with Crippen molar-refractivity contribution in [2.45, 2.75) is 12.3 Å². The summed E-state index contributed by atoms with van der Waals surface area (Å²) in [5, 5.41) is 9.48. The SMILES string of the molecule is COCC(O)CN(C)C(=O)c1cc(C(F)(F)F)ccc1F. The monoisotopic (exact) mass is 309 g/mol. The summed E-state index contributed by atoms with van der Waals surface area (Å²) in [5.41, 5.74) is -1.81. The summed E-state index contributed by atoms with van der Waals surface area (Å²) in [5.74, 6) is -2.00. The van der Waals surface area contributed by atoms with E-state index in [1.54, 1.807) is 0 Å². The molecule has 0 spiro atoms. The van der Waals surface area contributed by atoms with Gasteiger partial charge in [-0.15, -0.1) is 0 Å². The minimum Gasteiger partial charge on any atom is -0.389 e. The number of halogens is 4. The molecule has 0 saturated heterocycles. The van der Waals surface area contributed by atoms with Crippen molar-refractivity contribution in [3.8, 4) is 0 Å². The van der Waals surface area contributed by atoms with Crippen molar-refractivity contribution in [2.24, 2.45) is 0 Å². The molecule has 4 nitrogen and oxygen atoms in total. The fourth-order valence-electron chi connectivity index (χ4n) is 1.72. The Labute approximate surface area is 118 Å². The lowest BCUT2D eigenvalue weighted by Gasteiger charge is -2.21. The van der Waals surface area contributed by atoms with E-state index in [1.165, 1.54) is 14.2 Å². The number of nitrogens with zero attached hydrogens (tertiary/aromatic N) is 1. The number of ether oxygens (including phenoxy) is 1. The van der Waals surface area contributed by atoms with E-state index in [9.17, 15) is 27.5 Å². The standard InChI is InChI=1S/C13H15F4NO3/c1-18(6-9(19)7-21-2)12(20)10-5-8(13(15,16)17)3-4-11(10)14/h3-5,9,19H,6-7H2,1-2H3. The maximum atomic E-state index is 13.6. The number of hydrogen-bond acceptors (Lipinski definition) is 3. The highest BCUT2D eigenvalue weighted by molar-refractivity contribution is 5.94. The van der Waals surface area contributed by atoms with E-state index < -0.39 is 35.1 Å². The molecule has 0 aromatic heterocycles. The molecule has 0 radical (unpaired) electrons. The molecule has 1 amide bonds. The van der Waals surface area contributed by atoms with Gasteiger partial charge >= 0.3 is 6.18 Å². The number of amides is 1. The summed E-state index contributed by atoms with van der Waals surface area (Å²) in [6.07, 6.45) is -5.69. The molecule has 1 aromatic carbocycles. The second-order valence-corrected chi connectivity index (χ2v) is 4.49. The molecule has 0 fully saturated rings. The van der Waals surface area contributed by atoms with Crippen molar-refractivity contribution >= 4 is 5.91 Å². The molecule has 118 valence electrons. The summed E-state index contributed by atoms with van der Waals surface area (Å²) in [6, 6.07) is 1.61. The minimum absolute atomic E-state index is 0.0529. The van der Waals surface area contributed by atoms with E-state index in [4.69, 9.17) is 0 Å². The largest absolute Gasteiger partial charge is 0.416 e. The molecular formula is C13H15F4NO3. The van der Waals surface area contributed by atoms with Crippen LogP contribution in [-0.4, -0.2) is 49.3 Å². The fourth-order valence-corrected chi connectivity index (χ4v) is 1.72. The maximum absolute atomic E-state index is 13.6. The Morgan fingerprint density at radius 3 is 2.57 bits per heavy atom. The van der Waals surface area contributed by atoms with Gasteiger partial charge in [0.25, 0.3) is 5.91 Å². The van der Waals surface area contributed by atoms with Gasteiger partial charge in [0.1, 0.15) is 5.82 Å². The van der Waals surface area contributed by atoms with Crippen LogP contribution >= 0.6 is 0 Å². The van der Waals surface area contributed by atoms with Crippen LogP contribution < -0.4 is 0 Å². The molecule has 0 saturated carbocycles. The number of carbonyl (C=O) groups excluding carboxylic acids is 1. The van der Waals surface area contributed by atoms with Crippen LogP contribution in [0.3, 0.4) is 0 Å². The van der Waals surface area contributed by atoms with E-state index in [0.29, 0.717) is 18.2 Å². The smallest absolute Gasteiger partial charge is 0.389 e. The lowest BCUT2D eigenvalue weighted by molar-refractivity contribution is -0.137. The van der Waals surface area contributed by atoms with E-state index in [0.717, 1.165) is 4.90 Å². The highest BCUT2D eigenvalue weighted by Gasteiger charge is 2.32. The number of aliphatic hydroxyl groups is 1. The van der Waals surface area contributed by atoms with Crippen LogP contribution in [-0.2, 0) is 10.9 Å². The third kappa shape index (κ3) is 4.68. The second-order valence-electron chi connectivity index (χ2n) is 4.49. The topological polar surface area (TPSA) is 49.8 Å². The van der Waals surface area contributed by atoms with Crippen LogP contribution in [0, 0.1) is 5.82 Å². The molecule has 0 aliphatic rings. The summed E-state index contributed by atoms with van der Waals surface area (Å²) in [7, 11) is 2.60. The number of hydrogen-bond donors (Lipinski definition) is 1. The van der Waals surface area contributed by atoms with Gasteiger partial charge in [-0.2, -0.15) is 13.2 Å². The average molecular weight is 309 g/mol. The van der Waals surface area contributed by atoms with E-state index >= 15 is 0 Å². The first-order valence-corrected chi connectivity index (χ1v) is 5.96. The van der Waals surface area contributed by atoms with Crippen molar-refractivity contribution in [3.05, 3.63) is 35.1 Å². The first-order chi connectivity index (χ1) is 9.66. The second kappa shape index (κ2) is 6.86. The fraction of sp³-hybridized carbons (Fsp3) is 0.462. The zero-order valence-corrected chi connectivity index (χ0v) is 11.4. The van der Waals surface area contributed by atoms with Gasteiger partial charge in [-0.3, -0.25) is 4.79 Å². The van der Waals surface area contributed by atoms with Gasteiger partial charge in [0.15, 0.2) is 0 Å². The van der Waals surface area contributed by atoms with Crippen LogP contribution in [0.5, 0.6) is 0 Å². The first-order valence-electron chi connectivity index (χ1n) is 5.96. The molecule has 0 aliphatic heterocycles. The van der Waals surface area contributed by atoms with Gasteiger partial charge < -0.3 is 14.7 Å². The Bertz CT molecular complexity index is 505. The molecular weight excluding hydrogens is 294 g/mol. The Morgan fingerprint density at radius 1 is 1.43 bits per heavy atom. The van der Waals surface area contributed by atoms with Crippen molar-refractivity contribution in [2.75, 3.05) is 27.3 Å². The molecule has 1 N–H and O–H groups in total. The van der Waals surface area contributed by atoms with Gasteiger partial charge in [0, 0.05) is 20.7 Å². The number of benzene rings is 1. The number of carbonyl (C=O) groups is 1. The van der Waals surface area contributed by atoms with Crippen LogP contribution in [0.1, 0.15) is 15.9 Å². The summed E-state index contributed by atoms with van der Waals surface area (Å²) in [6.45, 7) is -0.245. The van der Waals surface area contributed by atoms with Crippen LogP contribution in [0.25, 0.3) is 0 Å². The lowest BCUT2D eigenvalue weighted by Crippen LogP contribution is -2.36. The number of alkyl halides is 3. The average Bonchev–Trinajstić information content (AvgIpc) is 2.37. The van der Waals surface area contributed by atoms with Gasteiger partial charge in [-0.05, 0) is 18.2 Å². The summed E-state index contributed by atoms with van der Waals surface area (Å²) in [4.78, 5) is 12.9. The van der Waals surface area contributed by atoms with Gasteiger partial charge in [0.05, 0.1) is 23.8 Å². The third-order valence-corrected chi connectivity index (χ3v) is 2.71. The molecule has 8 heteroatoms. The van der Waals surface area contributed by atoms with E-state index in [2.05, 4.69) is 4.74 Å². The zero-order valence-electron chi connectivity index (χ0n) is 11.4. The quantitative estimate of drug-likeness (QED) is 0.846. The number of likely N-dealkylation sites (N-methyl/N-ethyl adjacent to an activating group) is 1. The predicted molar refractivity (Wildman–Crippen MR) is 66.2 cm³/mol. The maximum Gasteiger partial charge on any atom is 0.416 e. The highest BCUT2D eigenvalue weighted by Crippen LogP contribution is 2.30. The molecule has 0 bridgehead atoms. The van der Waals surface area contributed by atoms with Crippen LogP contribution in [0.2, 0.25) is 0 Å². The lowest BCUT2D eigenvalue weighted by atomic mass is 10.1. The molecule has 1 aromatic rings. The van der Waals surface area contributed by atoms with Crippen molar-refractivity contribution in [1.29, 1.82) is 0 Å². The third-order valence-electron chi connectivity index (χ3n) is 2.71. The van der Waals surface area contributed by atoms with Crippen LogP contribution in [0.4, 0.5) is 17.6 Å². The molecule has 1 atom stereocenters. The molecule has 0 aliphatic carbocycles. The van der Waals surface area contributed by atoms with Crippen LogP contribution in [0.15, 0.2) is 18.2 Å². The number of methoxy groups -OCH3 is 1. The Balaban J connectivity index is 2.96. The van der Waals surface area contributed by atoms with Crippen molar-refractivity contribution < 1.29 is 32.2 Å². The molecule has 0 heterocycles. The van der Waals surface area contributed by atoms with Crippen molar-refractivity contribution in [3.63, 3.8) is 0 Å². The molecule has 1 rings (SSSR count). The number of aliphatic hydroxyl groups excluding tert-OH is 1. The summed E-state index contributed by atoms with van der Waals surface area (Å²) >= 11 is 0. The number of rotatable bonds is 5. The van der Waals surface area contributed by atoms with E-state index in [-0.39, 0.29) is 13.2 Å². The summed E-state index contributed by atoms with van der Waals surface area (Å²) < 4.78 is 55.9. The molecule has 21 heavy (non-hydrogen) atoms. The molecule has 1 unspecified atom stereocenters. The highest BCUT2D eigenvalue weighted by atomic mass is 19.4. The Hall–Kier alpha value is -1.67. The van der Waals surface area contributed by atoms with E-state index in [1.807, 2.05) is 0 Å². The predicted octanol–water partition coefficient (Wildman–Crippen LogP) is 1.92. The Kier molecular flexibility index (Phi) is 5.68. The van der Waals surface area contributed by atoms with Crippen molar-refractivity contribution in [1.82, 2.24) is 4.90 Å².